The van der Waals surface area contributed by atoms with Crippen LogP contribution in [0, 0.1) is 6.92 Å². The number of benzene rings is 1. The number of aromatic nitrogens is 2. The van der Waals surface area contributed by atoms with Crippen LogP contribution >= 0.6 is 0 Å². The van der Waals surface area contributed by atoms with Gasteiger partial charge in [0.05, 0.1) is 6.04 Å². The molecule has 104 valence electrons. The molecular weight excluding hydrogens is 254 g/mol. The number of carbonyl (C=O) groups is 1. The zero-order valence-electron chi connectivity index (χ0n) is 11.6. The number of nitrogens with zero attached hydrogens (tertiary/aromatic N) is 2. The highest BCUT2D eigenvalue weighted by Crippen LogP contribution is 2.39. The predicted octanol–water partition coefficient (Wildman–Crippen LogP) is 2.38. The first-order chi connectivity index (χ1) is 9.63. The molecule has 1 amide bonds. The van der Waals surface area contributed by atoms with Crippen molar-refractivity contribution in [2.45, 2.75) is 26.3 Å². The Kier molecular flexibility index (Phi) is 2.97. The van der Waals surface area contributed by atoms with Crippen molar-refractivity contribution in [3.63, 3.8) is 0 Å². The summed E-state index contributed by atoms with van der Waals surface area (Å²) in [5.41, 5.74) is 3.24. The van der Waals surface area contributed by atoms with Crippen molar-refractivity contribution in [2.24, 2.45) is 0 Å². The second kappa shape index (κ2) is 4.67. The number of aromatic amines is 1. The van der Waals surface area contributed by atoms with Gasteiger partial charge in [0.1, 0.15) is 5.75 Å². The molecule has 1 atom stereocenters. The van der Waals surface area contributed by atoms with Gasteiger partial charge in [-0.2, -0.15) is 5.10 Å². The largest absolute Gasteiger partial charge is 0.508 e. The molecule has 1 aliphatic heterocycles. The molecule has 2 aromatic rings. The number of aromatic hydroxyl groups is 1. The molecule has 3 rings (SSSR count). The average Bonchev–Trinajstić information content (AvgIpc) is 2.92. The lowest BCUT2D eigenvalue weighted by atomic mass is 9.99. The normalized spacial score (nSPS) is 17.6. The fraction of sp³-hybridized carbons (Fsp3) is 0.333. The minimum Gasteiger partial charge on any atom is -0.508 e. The highest BCUT2D eigenvalue weighted by Gasteiger charge is 2.40. The van der Waals surface area contributed by atoms with E-state index >= 15 is 0 Å². The van der Waals surface area contributed by atoms with E-state index in [2.05, 4.69) is 10.2 Å². The summed E-state index contributed by atoms with van der Waals surface area (Å²) < 4.78 is 0. The van der Waals surface area contributed by atoms with Crippen LogP contribution in [0.15, 0.2) is 24.3 Å². The molecule has 2 heterocycles. The Morgan fingerprint density at radius 1 is 1.45 bits per heavy atom. The van der Waals surface area contributed by atoms with Crippen molar-refractivity contribution in [3.05, 3.63) is 46.8 Å². The molecule has 5 heteroatoms. The molecule has 20 heavy (non-hydrogen) atoms. The van der Waals surface area contributed by atoms with Gasteiger partial charge < -0.3 is 10.0 Å². The number of H-pyrrole nitrogens is 1. The first kappa shape index (κ1) is 12.7. The van der Waals surface area contributed by atoms with Gasteiger partial charge in [0.25, 0.3) is 5.91 Å². The number of aryl methyl sites for hydroxylation is 1. The van der Waals surface area contributed by atoms with E-state index in [0.29, 0.717) is 12.2 Å². The van der Waals surface area contributed by atoms with Gasteiger partial charge in [-0.25, -0.2) is 0 Å². The number of hydrogen-bond donors (Lipinski definition) is 2. The average molecular weight is 271 g/mol. The zero-order chi connectivity index (χ0) is 14.3. The summed E-state index contributed by atoms with van der Waals surface area (Å²) in [6, 6.07) is 6.91. The van der Waals surface area contributed by atoms with Gasteiger partial charge in [-0.3, -0.25) is 9.89 Å². The number of fused-ring (bicyclic) bond motifs is 1. The molecule has 2 N–H and O–H groups in total. The van der Waals surface area contributed by atoms with Gasteiger partial charge in [0.15, 0.2) is 5.69 Å². The summed E-state index contributed by atoms with van der Waals surface area (Å²) in [4.78, 5) is 14.3. The third kappa shape index (κ3) is 1.78. The Hall–Kier alpha value is -2.30. The van der Waals surface area contributed by atoms with Crippen molar-refractivity contribution >= 4 is 5.91 Å². The van der Waals surface area contributed by atoms with Crippen LogP contribution in [-0.2, 0) is 0 Å². The number of rotatable bonds is 3. The minimum absolute atomic E-state index is 0.0421. The number of hydrogen-bond acceptors (Lipinski definition) is 3. The van der Waals surface area contributed by atoms with Gasteiger partial charge in [0, 0.05) is 17.8 Å². The second-order valence-electron chi connectivity index (χ2n) is 5.11. The third-order valence-electron chi connectivity index (χ3n) is 3.69. The van der Waals surface area contributed by atoms with Crippen molar-refractivity contribution in [2.75, 3.05) is 6.54 Å². The molecule has 0 fully saturated rings. The van der Waals surface area contributed by atoms with E-state index in [-0.39, 0.29) is 17.7 Å². The number of phenolic OH excluding ortho intramolecular Hbond substituents is 1. The van der Waals surface area contributed by atoms with Crippen LogP contribution in [0.2, 0.25) is 0 Å². The predicted molar refractivity (Wildman–Crippen MR) is 74.6 cm³/mol. The molecule has 1 aromatic carbocycles. The van der Waals surface area contributed by atoms with Gasteiger partial charge in [0.2, 0.25) is 0 Å². The Labute approximate surface area is 117 Å². The van der Waals surface area contributed by atoms with Crippen LogP contribution in [0.5, 0.6) is 5.75 Å². The van der Waals surface area contributed by atoms with E-state index in [1.165, 1.54) is 0 Å². The quantitative estimate of drug-likeness (QED) is 0.900. The Balaban J connectivity index is 2.14. The lowest BCUT2D eigenvalue weighted by Gasteiger charge is -2.25. The standard InChI is InChI=1S/C15H17N3O2/c1-3-7-18-14(10-5-4-6-11(19)8-10)12-9(2)16-17-13(12)15(18)20/h4-6,8,14,19H,3,7H2,1-2H3,(H,16,17)/t14-/m1/s1. The zero-order valence-corrected chi connectivity index (χ0v) is 11.6. The molecule has 0 bridgehead atoms. The molecule has 0 radical (unpaired) electrons. The first-order valence-electron chi connectivity index (χ1n) is 6.78. The Morgan fingerprint density at radius 3 is 2.95 bits per heavy atom. The summed E-state index contributed by atoms with van der Waals surface area (Å²) in [5, 5.41) is 16.7. The molecule has 0 saturated carbocycles. The molecule has 0 unspecified atom stereocenters. The lowest BCUT2D eigenvalue weighted by molar-refractivity contribution is 0.0743. The van der Waals surface area contributed by atoms with Crippen LogP contribution in [0.3, 0.4) is 0 Å². The molecular formula is C15H17N3O2. The molecule has 5 nitrogen and oxygen atoms in total. The Morgan fingerprint density at radius 2 is 2.25 bits per heavy atom. The fourth-order valence-electron chi connectivity index (χ4n) is 2.86. The highest BCUT2D eigenvalue weighted by molar-refractivity contribution is 5.98. The molecule has 0 aliphatic carbocycles. The van der Waals surface area contributed by atoms with Crippen molar-refractivity contribution in [1.29, 1.82) is 0 Å². The van der Waals surface area contributed by atoms with Gasteiger partial charge >= 0.3 is 0 Å². The van der Waals surface area contributed by atoms with Crippen LogP contribution in [0.25, 0.3) is 0 Å². The molecule has 0 spiro atoms. The Bertz CT molecular complexity index is 663. The molecule has 1 aromatic heterocycles. The topological polar surface area (TPSA) is 69.2 Å². The summed E-state index contributed by atoms with van der Waals surface area (Å²) in [6.45, 7) is 4.64. The van der Waals surface area contributed by atoms with Gasteiger partial charge in [-0.15, -0.1) is 0 Å². The van der Waals surface area contributed by atoms with E-state index in [9.17, 15) is 9.90 Å². The van der Waals surface area contributed by atoms with E-state index in [0.717, 1.165) is 23.2 Å². The van der Waals surface area contributed by atoms with Crippen molar-refractivity contribution in [3.8, 4) is 5.75 Å². The van der Waals surface area contributed by atoms with E-state index in [1.54, 1.807) is 18.2 Å². The highest BCUT2D eigenvalue weighted by atomic mass is 16.3. The number of phenols is 1. The monoisotopic (exact) mass is 271 g/mol. The van der Waals surface area contributed by atoms with Crippen molar-refractivity contribution in [1.82, 2.24) is 15.1 Å². The summed E-state index contributed by atoms with van der Waals surface area (Å²) in [5.74, 6) is 0.167. The number of nitrogens with one attached hydrogen (secondary N) is 1. The van der Waals surface area contributed by atoms with Crippen LogP contribution in [0.4, 0.5) is 0 Å². The summed E-state index contributed by atoms with van der Waals surface area (Å²) >= 11 is 0. The smallest absolute Gasteiger partial charge is 0.275 e. The lowest BCUT2D eigenvalue weighted by Crippen LogP contribution is -2.30. The first-order valence-corrected chi connectivity index (χ1v) is 6.78. The molecule has 0 saturated heterocycles. The summed E-state index contributed by atoms with van der Waals surface area (Å²) in [7, 11) is 0. The fourth-order valence-corrected chi connectivity index (χ4v) is 2.86. The van der Waals surface area contributed by atoms with Gasteiger partial charge in [-0.05, 0) is 31.0 Å². The number of carbonyl (C=O) groups excluding carboxylic acids is 1. The maximum absolute atomic E-state index is 12.4. The van der Waals surface area contributed by atoms with Crippen LogP contribution < -0.4 is 0 Å². The van der Waals surface area contributed by atoms with Crippen molar-refractivity contribution < 1.29 is 9.90 Å². The maximum atomic E-state index is 12.4. The summed E-state index contributed by atoms with van der Waals surface area (Å²) in [6.07, 6.45) is 0.883. The van der Waals surface area contributed by atoms with E-state index in [4.69, 9.17) is 0 Å². The van der Waals surface area contributed by atoms with E-state index in [1.807, 2.05) is 24.8 Å². The second-order valence-corrected chi connectivity index (χ2v) is 5.11. The maximum Gasteiger partial charge on any atom is 0.275 e. The van der Waals surface area contributed by atoms with Crippen LogP contribution in [-0.4, -0.2) is 32.7 Å². The van der Waals surface area contributed by atoms with E-state index < -0.39 is 0 Å². The van der Waals surface area contributed by atoms with Gasteiger partial charge in [-0.1, -0.05) is 19.1 Å². The molecule has 1 aliphatic rings. The number of amides is 1. The SMILES string of the molecule is CCCN1C(=O)c2n[nH]c(C)c2[C@H]1c1cccc(O)c1. The minimum atomic E-state index is -0.164. The third-order valence-corrected chi connectivity index (χ3v) is 3.69. The van der Waals surface area contributed by atoms with Crippen LogP contribution in [0.1, 0.15) is 46.7 Å².